The first-order chi connectivity index (χ1) is 10.1. The average Bonchev–Trinajstić information content (AvgIpc) is 2.45. The fraction of sp³-hybridized carbons (Fsp3) is 0.250. The SMILES string of the molecule is CCNCc1ccc(OCc2ccc(Cl)cc2F)c(Br)c1. The molecule has 0 radical (unpaired) electrons. The van der Waals surface area contributed by atoms with Gasteiger partial charge < -0.3 is 10.1 Å². The zero-order chi connectivity index (χ0) is 15.2. The first-order valence-corrected chi connectivity index (χ1v) is 7.83. The fourth-order valence-corrected chi connectivity index (χ4v) is 2.53. The van der Waals surface area contributed by atoms with Crippen LogP contribution in [0.15, 0.2) is 40.9 Å². The van der Waals surface area contributed by atoms with Gasteiger partial charge in [-0.2, -0.15) is 0 Å². The molecule has 5 heteroatoms. The van der Waals surface area contributed by atoms with E-state index in [9.17, 15) is 4.39 Å². The normalized spacial score (nSPS) is 10.7. The van der Waals surface area contributed by atoms with Crippen molar-refractivity contribution < 1.29 is 9.13 Å². The van der Waals surface area contributed by atoms with E-state index in [1.807, 2.05) is 18.2 Å². The van der Waals surface area contributed by atoms with Crippen molar-refractivity contribution in [2.24, 2.45) is 0 Å². The number of ether oxygens (including phenoxy) is 1. The molecule has 0 amide bonds. The number of rotatable bonds is 6. The monoisotopic (exact) mass is 371 g/mol. The molecular weight excluding hydrogens is 357 g/mol. The molecule has 0 aliphatic heterocycles. The quantitative estimate of drug-likeness (QED) is 0.776. The summed E-state index contributed by atoms with van der Waals surface area (Å²) in [5, 5.41) is 3.64. The second-order valence-corrected chi connectivity index (χ2v) is 5.86. The van der Waals surface area contributed by atoms with E-state index < -0.39 is 0 Å². The van der Waals surface area contributed by atoms with Crippen molar-refractivity contribution in [1.29, 1.82) is 0 Å². The summed E-state index contributed by atoms with van der Waals surface area (Å²) in [7, 11) is 0. The van der Waals surface area contributed by atoms with Gasteiger partial charge in [0.2, 0.25) is 0 Å². The number of hydrogen-bond donors (Lipinski definition) is 1. The highest BCUT2D eigenvalue weighted by atomic mass is 79.9. The zero-order valence-electron chi connectivity index (χ0n) is 11.6. The Balaban J connectivity index is 2.02. The lowest BCUT2D eigenvalue weighted by atomic mass is 10.2. The van der Waals surface area contributed by atoms with Crippen molar-refractivity contribution in [1.82, 2.24) is 5.32 Å². The molecule has 0 aromatic heterocycles. The molecule has 0 heterocycles. The van der Waals surface area contributed by atoms with Crippen LogP contribution in [0.4, 0.5) is 4.39 Å². The maximum absolute atomic E-state index is 13.7. The van der Waals surface area contributed by atoms with E-state index in [0.717, 1.165) is 23.1 Å². The molecule has 2 aromatic rings. The van der Waals surface area contributed by atoms with E-state index in [2.05, 4.69) is 28.2 Å². The summed E-state index contributed by atoms with van der Waals surface area (Å²) in [4.78, 5) is 0. The molecule has 112 valence electrons. The Morgan fingerprint density at radius 1 is 1.24 bits per heavy atom. The molecule has 0 aliphatic carbocycles. The summed E-state index contributed by atoms with van der Waals surface area (Å²) < 4.78 is 20.2. The molecular formula is C16H16BrClFNO. The zero-order valence-corrected chi connectivity index (χ0v) is 14.0. The Bertz CT molecular complexity index is 621. The average molecular weight is 373 g/mol. The van der Waals surface area contributed by atoms with Gasteiger partial charge in [0.15, 0.2) is 0 Å². The van der Waals surface area contributed by atoms with Gasteiger partial charge in [-0.3, -0.25) is 0 Å². The fourth-order valence-electron chi connectivity index (χ4n) is 1.83. The molecule has 0 spiro atoms. The van der Waals surface area contributed by atoms with Crippen molar-refractivity contribution in [3.8, 4) is 5.75 Å². The third-order valence-electron chi connectivity index (χ3n) is 2.97. The molecule has 0 atom stereocenters. The van der Waals surface area contributed by atoms with Crippen molar-refractivity contribution in [3.05, 3.63) is 62.8 Å². The predicted octanol–water partition coefficient (Wildman–Crippen LogP) is 4.93. The van der Waals surface area contributed by atoms with E-state index in [0.29, 0.717) is 16.3 Å². The highest BCUT2D eigenvalue weighted by Crippen LogP contribution is 2.27. The molecule has 2 rings (SSSR count). The lowest BCUT2D eigenvalue weighted by molar-refractivity contribution is 0.298. The van der Waals surface area contributed by atoms with Gasteiger partial charge in [0, 0.05) is 17.1 Å². The lowest BCUT2D eigenvalue weighted by Crippen LogP contribution is -2.11. The van der Waals surface area contributed by atoms with Crippen LogP contribution in [0.2, 0.25) is 5.02 Å². The van der Waals surface area contributed by atoms with Crippen LogP contribution in [-0.4, -0.2) is 6.54 Å². The van der Waals surface area contributed by atoms with Gasteiger partial charge in [-0.15, -0.1) is 0 Å². The summed E-state index contributed by atoms with van der Waals surface area (Å²) >= 11 is 9.20. The third-order valence-corrected chi connectivity index (χ3v) is 3.83. The molecule has 21 heavy (non-hydrogen) atoms. The lowest BCUT2D eigenvalue weighted by Gasteiger charge is -2.11. The Kier molecular flexibility index (Phi) is 6.03. The third kappa shape index (κ3) is 4.70. The summed E-state index contributed by atoms with van der Waals surface area (Å²) in [6.07, 6.45) is 0. The van der Waals surface area contributed by atoms with Crippen molar-refractivity contribution in [3.63, 3.8) is 0 Å². The van der Waals surface area contributed by atoms with Crippen LogP contribution >= 0.6 is 27.5 Å². The van der Waals surface area contributed by atoms with Gasteiger partial charge in [0.05, 0.1) is 4.47 Å². The Morgan fingerprint density at radius 2 is 2.05 bits per heavy atom. The van der Waals surface area contributed by atoms with Crippen LogP contribution in [0.3, 0.4) is 0 Å². The Labute approximate surface area is 137 Å². The van der Waals surface area contributed by atoms with Crippen molar-refractivity contribution >= 4 is 27.5 Å². The minimum atomic E-state index is -0.359. The predicted molar refractivity (Wildman–Crippen MR) is 87.3 cm³/mol. The maximum Gasteiger partial charge on any atom is 0.134 e. The second kappa shape index (κ2) is 7.78. The van der Waals surface area contributed by atoms with Gasteiger partial charge in [-0.05, 0) is 52.3 Å². The van der Waals surface area contributed by atoms with E-state index in [-0.39, 0.29) is 12.4 Å². The van der Waals surface area contributed by atoms with Gasteiger partial charge in [-0.1, -0.05) is 30.7 Å². The maximum atomic E-state index is 13.7. The molecule has 0 unspecified atom stereocenters. The van der Waals surface area contributed by atoms with Crippen LogP contribution in [0.1, 0.15) is 18.1 Å². The molecule has 0 saturated carbocycles. The highest BCUT2D eigenvalue weighted by Gasteiger charge is 2.07. The molecule has 0 bridgehead atoms. The van der Waals surface area contributed by atoms with Gasteiger partial charge >= 0.3 is 0 Å². The first kappa shape index (κ1) is 16.3. The molecule has 0 aliphatic rings. The first-order valence-electron chi connectivity index (χ1n) is 6.66. The van der Waals surface area contributed by atoms with Crippen molar-refractivity contribution in [2.45, 2.75) is 20.1 Å². The summed E-state index contributed by atoms with van der Waals surface area (Å²) in [6.45, 7) is 3.95. The van der Waals surface area contributed by atoms with Crippen LogP contribution < -0.4 is 10.1 Å². The van der Waals surface area contributed by atoms with E-state index in [1.165, 1.54) is 6.07 Å². The standard InChI is InChI=1S/C16H16BrClFNO/c1-2-20-9-11-3-6-16(14(17)7-11)21-10-12-4-5-13(18)8-15(12)19/h3-8,20H,2,9-10H2,1H3. The molecule has 2 aromatic carbocycles. The Morgan fingerprint density at radius 3 is 2.71 bits per heavy atom. The topological polar surface area (TPSA) is 21.3 Å². The number of hydrogen-bond acceptors (Lipinski definition) is 2. The van der Waals surface area contributed by atoms with E-state index in [1.54, 1.807) is 12.1 Å². The van der Waals surface area contributed by atoms with Gasteiger partial charge in [0.1, 0.15) is 18.2 Å². The van der Waals surface area contributed by atoms with Crippen molar-refractivity contribution in [2.75, 3.05) is 6.54 Å². The summed E-state index contributed by atoms with van der Waals surface area (Å²) in [6, 6.07) is 10.4. The van der Waals surface area contributed by atoms with Crippen LogP contribution in [0, 0.1) is 5.82 Å². The molecule has 0 fully saturated rings. The van der Waals surface area contributed by atoms with Gasteiger partial charge in [-0.25, -0.2) is 4.39 Å². The summed E-state index contributed by atoms with van der Waals surface area (Å²) in [5.41, 5.74) is 1.64. The smallest absolute Gasteiger partial charge is 0.134 e. The van der Waals surface area contributed by atoms with E-state index in [4.69, 9.17) is 16.3 Å². The minimum absolute atomic E-state index is 0.161. The number of halogens is 3. The minimum Gasteiger partial charge on any atom is -0.488 e. The van der Waals surface area contributed by atoms with Gasteiger partial charge in [0.25, 0.3) is 0 Å². The summed E-state index contributed by atoms with van der Waals surface area (Å²) in [5.74, 6) is 0.326. The van der Waals surface area contributed by atoms with Crippen LogP contribution in [0.25, 0.3) is 0 Å². The number of benzene rings is 2. The van der Waals surface area contributed by atoms with Crippen LogP contribution in [-0.2, 0) is 13.2 Å². The van der Waals surface area contributed by atoms with Crippen LogP contribution in [0.5, 0.6) is 5.75 Å². The Hall–Kier alpha value is -1.10. The molecule has 0 saturated heterocycles. The molecule has 1 N–H and O–H groups in total. The second-order valence-electron chi connectivity index (χ2n) is 4.57. The highest BCUT2D eigenvalue weighted by molar-refractivity contribution is 9.10. The van der Waals surface area contributed by atoms with E-state index >= 15 is 0 Å². The largest absolute Gasteiger partial charge is 0.488 e. The molecule has 2 nitrogen and oxygen atoms in total. The number of nitrogens with one attached hydrogen (secondary N) is 1.